The fraction of sp³-hybridized carbons (Fsp3) is 0.842. The minimum absolute atomic E-state index is 0.0282. The summed E-state index contributed by atoms with van der Waals surface area (Å²) in [4.78, 5) is 38.3. The number of nitrogens with zero attached hydrogens (tertiary/aromatic N) is 1. The maximum atomic E-state index is 12.8. The zero-order chi connectivity index (χ0) is 18.0. The highest BCUT2D eigenvalue weighted by Crippen LogP contribution is 2.40. The Balaban J connectivity index is 2.93. The van der Waals surface area contributed by atoms with Crippen molar-refractivity contribution >= 4 is 17.6 Å². The fourth-order valence-corrected chi connectivity index (χ4v) is 4.38. The van der Waals surface area contributed by atoms with Gasteiger partial charge in [-0.1, -0.05) is 40.5 Å². The van der Waals surface area contributed by atoms with Gasteiger partial charge >= 0.3 is 0 Å². The Hall–Kier alpha value is -1.19. The van der Waals surface area contributed by atoms with Crippen molar-refractivity contribution in [3.8, 4) is 0 Å². The van der Waals surface area contributed by atoms with Crippen LogP contribution < -0.4 is 0 Å². The van der Waals surface area contributed by atoms with Gasteiger partial charge in [0.2, 0.25) is 11.8 Å². The van der Waals surface area contributed by atoms with Crippen LogP contribution in [0.1, 0.15) is 80.6 Å². The topological polar surface area (TPSA) is 54.5 Å². The van der Waals surface area contributed by atoms with Gasteiger partial charge in [0, 0.05) is 24.3 Å². The van der Waals surface area contributed by atoms with Crippen LogP contribution in [0.4, 0.5) is 0 Å². The Morgan fingerprint density at radius 3 is 2.30 bits per heavy atom. The van der Waals surface area contributed by atoms with Crippen molar-refractivity contribution in [2.45, 2.75) is 86.1 Å². The second-order valence-electron chi connectivity index (χ2n) is 8.68. The number of amides is 2. The van der Waals surface area contributed by atoms with Crippen LogP contribution in [0.15, 0.2) is 0 Å². The molecule has 2 amide bonds. The van der Waals surface area contributed by atoms with E-state index in [0.717, 1.165) is 12.8 Å². The number of ketones is 1. The van der Waals surface area contributed by atoms with Crippen LogP contribution >= 0.6 is 0 Å². The summed E-state index contributed by atoms with van der Waals surface area (Å²) < 4.78 is 0. The molecule has 0 N–H and O–H groups in total. The lowest BCUT2D eigenvalue weighted by molar-refractivity contribution is -0.147. The lowest BCUT2D eigenvalue weighted by atomic mass is 9.76. The SMILES string of the molecule is CCCC(C)C1CC(=O)N(C(C)(C)CC(C)(C)CC(C)=O)C1=O. The molecule has 23 heavy (non-hydrogen) atoms. The van der Waals surface area contributed by atoms with Crippen molar-refractivity contribution in [1.29, 1.82) is 0 Å². The zero-order valence-electron chi connectivity index (χ0n) is 15.9. The van der Waals surface area contributed by atoms with Crippen LogP contribution in [-0.4, -0.2) is 28.0 Å². The summed E-state index contributed by atoms with van der Waals surface area (Å²) in [5.41, 5.74) is -0.795. The molecule has 1 aliphatic rings. The fourth-order valence-electron chi connectivity index (χ4n) is 4.38. The molecule has 0 aliphatic carbocycles. The molecule has 4 heteroatoms. The minimum atomic E-state index is -0.562. The molecule has 0 spiro atoms. The first kappa shape index (κ1) is 19.9. The normalized spacial score (nSPS) is 21.0. The zero-order valence-corrected chi connectivity index (χ0v) is 15.9. The summed E-state index contributed by atoms with van der Waals surface area (Å²) >= 11 is 0. The van der Waals surface area contributed by atoms with Crippen molar-refractivity contribution in [2.75, 3.05) is 0 Å². The summed E-state index contributed by atoms with van der Waals surface area (Å²) in [6.45, 7) is 13.7. The van der Waals surface area contributed by atoms with Gasteiger partial charge in [0.05, 0.1) is 0 Å². The summed E-state index contributed by atoms with van der Waals surface area (Å²) in [6.07, 6.45) is 3.41. The van der Waals surface area contributed by atoms with E-state index >= 15 is 0 Å². The predicted molar refractivity (Wildman–Crippen MR) is 91.8 cm³/mol. The molecule has 0 radical (unpaired) electrons. The molecule has 2 atom stereocenters. The van der Waals surface area contributed by atoms with Gasteiger partial charge in [-0.05, 0) is 38.5 Å². The van der Waals surface area contributed by atoms with E-state index in [1.165, 1.54) is 4.90 Å². The Morgan fingerprint density at radius 2 is 1.83 bits per heavy atom. The van der Waals surface area contributed by atoms with Crippen molar-refractivity contribution in [3.05, 3.63) is 0 Å². The third-order valence-electron chi connectivity index (χ3n) is 4.86. The quantitative estimate of drug-likeness (QED) is 0.635. The van der Waals surface area contributed by atoms with Crippen molar-refractivity contribution in [1.82, 2.24) is 4.90 Å². The van der Waals surface area contributed by atoms with Gasteiger partial charge in [-0.3, -0.25) is 14.5 Å². The standard InChI is InChI=1S/C19H33NO3/c1-8-9-13(2)15-10-16(22)20(17(15)23)19(6,7)12-18(4,5)11-14(3)21/h13,15H,8-12H2,1-7H3. The number of Topliss-reactive ketones (excluding diaryl/α,β-unsaturated/α-hetero) is 1. The van der Waals surface area contributed by atoms with E-state index in [1.807, 2.05) is 27.7 Å². The van der Waals surface area contributed by atoms with E-state index in [0.29, 0.717) is 19.3 Å². The monoisotopic (exact) mass is 323 g/mol. The average molecular weight is 323 g/mol. The van der Waals surface area contributed by atoms with E-state index in [4.69, 9.17) is 0 Å². The summed E-state index contributed by atoms with van der Waals surface area (Å²) in [7, 11) is 0. The van der Waals surface area contributed by atoms with E-state index in [-0.39, 0.29) is 34.8 Å². The van der Waals surface area contributed by atoms with Gasteiger partial charge in [0.25, 0.3) is 0 Å². The summed E-state index contributed by atoms with van der Waals surface area (Å²) in [5, 5.41) is 0. The third-order valence-corrected chi connectivity index (χ3v) is 4.86. The van der Waals surface area contributed by atoms with Gasteiger partial charge in [0.1, 0.15) is 5.78 Å². The first-order chi connectivity index (χ1) is 10.4. The average Bonchev–Trinajstić information content (AvgIpc) is 2.62. The lowest BCUT2D eigenvalue weighted by Gasteiger charge is -2.40. The van der Waals surface area contributed by atoms with E-state index in [1.54, 1.807) is 6.92 Å². The number of hydrogen-bond acceptors (Lipinski definition) is 3. The molecule has 132 valence electrons. The maximum Gasteiger partial charge on any atom is 0.233 e. The lowest BCUT2D eigenvalue weighted by Crippen LogP contribution is -2.50. The minimum Gasteiger partial charge on any atom is -0.300 e. The van der Waals surface area contributed by atoms with Crippen molar-refractivity contribution in [3.63, 3.8) is 0 Å². The molecule has 1 saturated heterocycles. The highest BCUT2D eigenvalue weighted by molar-refractivity contribution is 6.04. The van der Waals surface area contributed by atoms with Gasteiger partial charge in [-0.2, -0.15) is 0 Å². The van der Waals surface area contributed by atoms with Gasteiger partial charge < -0.3 is 4.79 Å². The number of carbonyl (C=O) groups excluding carboxylic acids is 3. The maximum absolute atomic E-state index is 12.8. The molecule has 1 aliphatic heterocycles. The molecule has 0 saturated carbocycles. The molecular formula is C19H33NO3. The number of rotatable bonds is 8. The number of carbonyl (C=O) groups is 3. The molecule has 4 nitrogen and oxygen atoms in total. The molecule has 0 aromatic carbocycles. The highest BCUT2D eigenvalue weighted by atomic mass is 16.2. The Bertz CT molecular complexity index is 479. The van der Waals surface area contributed by atoms with Crippen molar-refractivity contribution < 1.29 is 14.4 Å². The first-order valence-electron chi connectivity index (χ1n) is 8.77. The molecule has 0 aromatic heterocycles. The smallest absolute Gasteiger partial charge is 0.233 e. The van der Waals surface area contributed by atoms with E-state index < -0.39 is 5.54 Å². The van der Waals surface area contributed by atoms with Gasteiger partial charge in [0.15, 0.2) is 0 Å². The third kappa shape index (κ3) is 4.89. The van der Waals surface area contributed by atoms with Crippen LogP contribution in [0.25, 0.3) is 0 Å². The molecular weight excluding hydrogens is 290 g/mol. The number of likely N-dealkylation sites (tertiary alicyclic amines) is 1. The molecule has 1 heterocycles. The molecule has 1 rings (SSSR count). The van der Waals surface area contributed by atoms with Crippen LogP contribution in [-0.2, 0) is 14.4 Å². The number of imide groups is 1. The second-order valence-corrected chi connectivity index (χ2v) is 8.68. The van der Waals surface area contributed by atoms with Crippen LogP contribution in [0.2, 0.25) is 0 Å². The number of hydrogen-bond donors (Lipinski definition) is 0. The van der Waals surface area contributed by atoms with Crippen LogP contribution in [0, 0.1) is 17.3 Å². The Kier molecular flexibility index (Phi) is 6.17. The van der Waals surface area contributed by atoms with E-state index in [9.17, 15) is 14.4 Å². The summed E-state index contributed by atoms with van der Waals surface area (Å²) in [6, 6.07) is 0. The highest BCUT2D eigenvalue weighted by Gasteiger charge is 2.48. The van der Waals surface area contributed by atoms with Crippen LogP contribution in [0.3, 0.4) is 0 Å². The predicted octanol–water partition coefficient (Wildman–Crippen LogP) is 3.97. The molecule has 1 fully saturated rings. The Labute approximate surface area is 141 Å². The second kappa shape index (κ2) is 7.14. The summed E-state index contributed by atoms with van der Waals surface area (Å²) in [5.74, 6) is 0.102. The van der Waals surface area contributed by atoms with Crippen LogP contribution in [0.5, 0.6) is 0 Å². The Morgan fingerprint density at radius 1 is 1.26 bits per heavy atom. The van der Waals surface area contributed by atoms with Gasteiger partial charge in [-0.15, -0.1) is 0 Å². The van der Waals surface area contributed by atoms with Crippen molar-refractivity contribution in [2.24, 2.45) is 17.3 Å². The van der Waals surface area contributed by atoms with Gasteiger partial charge in [-0.25, -0.2) is 0 Å². The molecule has 0 bridgehead atoms. The molecule has 2 unspecified atom stereocenters. The van der Waals surface area contributed by atoms with E-state index in [2.05, 4.69) is 13.8 Å². The first-order valence-corrected chi connectivity index (χ1v) is 8.77. The largest absolute Gasteiger partial charge is 0.300 e. The molecule has 0 aromatic rings.